The number of nitrogens with zero attached hydrogens (tertiary/aromatic N) is 3. The van der Waals surface area contributed by atoms with Gasteiger partial charge in [-0.3, -0.25) is 5.10 Å². The molecule has 1 aromatic heterocycles. The summed E-state index contributed by atoms with van der Waals surface area (Å²) in [5.74, 6) is 1.03. The number of hydrogen-bond acceptors (Lipinski definition) is 3. The highest BCUT2D eigenvalue weighted by molar-refractivity contribution is 9.10. The van der Waals surface area contributed by atoms with Gasteiger partial charge in [0.1, 0.15) is 11.9 Å². The molecule has 1 saturated carbocycles. The van der Waals surface area contributed by atoms with E-state index in [1.54, 1.807) is 12.3 Å². The molecule has 1 aliphatic heterocycles. The van der Waals surface area contributed by atoms with Crippen LogP contribution in [0, 0.1) is 23.8 Å². The highest BCUT2D eigenvalue weighted by atomic mass is 79.9. The van der Waals surface area contributed by atoms with Crippen LogP contribution in [0.5, 0.6) is 0 Å². The lowest BCUT2D eigenvalue weighted by molar-refractivity contribution is 0.629. The van der Waals surface area contributed by atoms with E-state index in [2.05, 4.69) is 42.4 Å². The summed E-state index contributed by atoms with van der Waals surface area (Å²) in [5.41, 5.74) is 4.20. The van der Waals surface area contributed by atoms with Gasteiger partial charge in [-0.25, -0.2) is 4.85 Å². The number of nitriles is 1. The second-order valence-electron chi connectivity index (χ2n) is 6.47. The molecule has 2 heterocycles. The van der Waals surface area contributed by atoms with Gasteiger partial charge in [0.05, 0.1) is 24.3 Å². The molecule has 2 aliphatic rings. The second-order valence-corrected chi connectivity index (χ2v) is 7.26. The van der Waals surface area contributed by atoms with Crippen molar-refractivity contribution in [2.75, 3.05) is 5.32 Å². The number of H-pyrrole nitrogens is 1. The number of benzene rings is 1. The Morgan fingerprint density at radius 1 is 1.28 bits per heavy atom. The van der Waals surface area contributed by atoms with Crippen LogP contribution < -0.4 is 5.32 Å². The van der Waals surface area contributed by atoms with Gasteiger partial charge in [-0.1, -0.05) is 25.0 Å². The molecule has 1 atom stereocenters. The summed E-state index contributed by atoms with van der Waals surface area (Å²) < 4.78 is 0.753. The van der Waals surface area contributed by atoms with Crippen molar-refractivity contribution in [1.29, 1.82) is 5.26 Å². The summed E-state index contributed by atoms with van der Waals surface area (Å²) in [5, 5.41) is 20.0. The fourth-order valence-corrected chi connectivity index (χ4v) is 4.52. The fraction of sp³-hybridized carbons (Fsp3) is 0.316. The van der Waals surface area contributed by atoms with Gasteiger partial charge in [-0.05, 0) is 46.3 Å². The number of rotatable bonds is 2. The van der Waals surface area contributed by atoms with Gasteiger partial charge in [0.25, 0.3) is 0 Å². The van der Waals surface area contributed by atoms with Crippen LogP contribution in [-0.4, -0.2) is 10.2 Å². The Kier molecular flexibility index (Phi) is 4.07. The zero-order valence-corrected chi connectivity index (χ0v) is 15.1. The third kappa shape index (κ3) is 2.54. The second kappa shape index (κ2) is 6.38. The van der Waals surface area contributed by atoms with Gasteiger partial charge in [-0.2, -0.15) is 10.4 Å². The van der Waals surface area contributed by atoms with E-state index in [0.717, 1.165) is 45.7 Å². The van der Waals surface area contributed by atoms with Crippen LogP contribution in [0.3, 0.4) is 0 Å². The molecule has 2 aromatic rings. The highest BCUT2D eigenvalue weighted by Gasteiger charge is 2.36. The molecule has 1 aliphatic carbocycles. The third-order valence-corrected chi connectivity index (χ3v) is 6.02. The molecule has 0 amide bonds. The lowest BCUT2D eigenvalue weighted by Crippen LogP contribution is -2.21. The molecule has 0 saturated heterocycles. The fourth-order valence-electron chi connectivity index (χ4n) is 3.94. The van der Waals surface area contributed by atoms with Crippen LogP contribution in [0.15, 0.2) is 40.3 Å². The van der Waals surface area contributed by atoms with Crippen molar-refractivity contribution >= 4 is 21.7 Å². The minimum Gasteiger partial charge on any atom is -0.354 e. The van der Waals surface area contributed by atoms with Crippen molar-refractivity contribution < 1.29 is 0 Å². The molecule has 0 bridgehead atoms. The van der Waals surface area contributed by atoms with E-state index in [9.17, 15) is 5.26 Å². The number of allylic oxidation sites excluding steroid dienone is 2. The quantitative estimate of drug-likeness (QED) is 0.711. The zero-order chi connectivity index (χ0) is 17.4. The topological polar surface area (TPSA) is 68.9 Å². The van der Waals surface area contributed by atoms with E-state index in [1.807, 2.05) is 12.1 Å². The van der Waals surface area contributed by atoms with Crippen LogP contribution in [0.4, 0.5) is 5.82 Å². The first kappa shape index (κ1) is 15.9. The molecule has 6 heteroatoms. The number of anilines is 1. The Morgan fingerprint density at radius 3 is 2.80 bits per heavy atom. The van der Waals surface area contributed by atoms with Gasteiger partial charge in [-0.15, -0.1) is 0 Å². The lowest BCUT2D eigenvalue weighted by atomic mass is 9.83. The molecule has 1 fully saturated rings. The Bertz CT molecular complexity index is 937. The summed E-state index contributed by atoms with van der Waals surface area (Å²) >= 11 is 3.58. The minimum absolute atomic E-state index is 0.217. The average Bonchev–Trinajstić information content (AvgIpc) is 3.31. The number of fused-ring (bicyclic) bond motifs is 1. The molecule has 0 spiro atoms. The third-order valence-electron chi connectivity index (χ3n) is 5.13. The van der Waals surface area contributed by atoms with Crippen LogP contribution in [-0.2, 0) is 0 Å². The van der Waals surface area contributed by atoms with Crippen molar-refractivity contribution in [1.82, 2.24) is 10.2 Å². The van der Waals surface area contributed by atoms with E-state index in [1.165, 1.54) is 12.8 Å². The molecule has 4 rings (SSSR count). The molecule has 5 nitrogen and oxygen atoms in total. The Hall–Kier alpha value is -2.57. The van der Waals surface area contributed by atoms with Gasteiger partial charge in [0, 0.05) is 15.7 Å². The molecular formula is C19H16BrN5. The maximum absolute atomic E-state index is 9.36. The number of nitrogens with one attached hydrogen (secondary N) is 2. The standard InChI is InChI=1S/C19H16BrN5/c1-22-18-15(13-8-4-7-12(9-21)16(13)20)14-10-23-25-19(14)24-17(18)11-5-2-3-6-11/h4,7-8,10-11,15H,2-3,5-6H2,(H2,23,24,25). The van der Waals surface area contributed by atoms with Gasteiger partial charge < -0.3 is 5.32 Å². The van der Waals surface area contributed by atoms with E-state index >= 15 is 0 Å². The van der Waals surface area contributed by atoms with E-state index in [-0.39, 0.29) is 5.92 Å². The van der Waals surface area contributed by atoms with Crippen molar-refractivity contribution in [3.8, 4) is 6.07 Å². The first-order valence-electron chi connectivity index (χ1n) is 8.35. The van der Waals surface area contributed by atoms with Crippen LogP contribution in [0.1, 0.15) is 48.3 Å². The number of aromatic nitrogens is 2. The van der Waals surface area contributed by atoms with Crippen LogP contribution in [0.25, 0.3) is 4.85 Å². The molecule has 0 radical (unpaired) electrons. The van der Waals surface area contributed by atoms with E-state index in [0.29, 0.717) is 11.5 Å². The average molecular weight is 394 g/mol. The summed E-state index contributed by atoms with van der Waals surface area (Å²) in [4.78, 5) is 3.93. The first-order chi connectivity index (χ1) is 12.2. The number of halogens is 1. The molecule has 1 unspecified atom stereocenters. The van der Waals surface area contributed by atoms with Crippen molar-refractivity contribution in [2.24, 2.45) is 5.92 Å². The molecule has 1 aromatic carbocycles. The molecule has 2 N–H and O–H groups in total. The monoisotopic (exact) mass is 393 g/mol. The first-order valence-corrected chi connectivity index (χ1v) is 9.14. The largest absolute Gasteiger partial charge is 0.354 e. The van der Waals surface area contributed by atoms with E-state index < -0.39 is 0 Å². The molecule has 124 valence electrons. The lowest BCUT2D eigenvalue weighted by Gasteiger charge is -2.29. The van der Waals surface area contributed by atoms with E-state index in [4.69, 9.17) is 6.57 Å². The zero-order valence-electron chi connectivity index (χ0n) is 13.5. The highest BCUT2D eigenvalue weighted by Crippen LogP contribution is 2.47. The summed E-state index contributed by atoms with van der Waals surface area (Å²) in [6.07, 6.45) is 6.40. The Morgan fingerprint density at radius 2 is 2.08 bits per heavy atom. The van der Waals surface area contributed by atoms with Crippen molar-refractivity contribution in [2.45, 2.75) is 31.6 Å². The summed E-state index contributed by atoms with van der Waals surface area (Å²) in [7, 11) is 0. The SMILES string of the molecule is [C-]#[N+]C1=C(C2CCCC2)Nc2[nH]ncc2C1c1cccc(C#N)c1Br. The molecular weight excluding hydrogens is 378 g/mol. The smallest absolute Gasteiger partial charge is 0.196 e. The van der Waals surface area contributed by atoms with Gasteiger partial charge in [0.2, 0.25) is 0 Å². The van der Waals surface area contributed by atoms with Gasteiger partial charge in [0.15, 0.2) is 5.70 Å². The summed E-state index contributed by atoms with van der Waals surface area (Å²) in [6, 6.07) is 7.85. The van der Waals surface area contributed by atoms with Crippen molar-refractivity contribution in [3.63, 3.8) is 0 Å². The predicted octanol–water partition coefficient (Wildman–Crippen LogP) is 4.92. The minimum atomic E-state index is -0.217. The summed E-state index contributed by atoms with van der Waals surface area (Å²) in [6.45, 7) is 7.85. The Labute approximate surface area is 154 Å². The maximum Gasteiger partial charge on any atom is 0.196 e. The van der Waals surface area contributed by atoms with Crippen molar-refractivity contribution in [3.05, 3.63) is 68.4 Å². The normalized spacial score (nSPS) is 19.9. The molecule has 25 heavy (non-hydrogen) atoms. The van der Waals surface area contributed by atoms with Gasteiger partial charge >= 0.3 is 0 Å². The number of aromatic amines is 1. The maximum atomic E-state index is 9.36. The van der Waals surface area contributed by atoms with Crippen LogP contribution in [0.2, 0.25) is 0 Å². The predicted molar refractivity (Wildman–Crippen MR) is 98.5 cm³/mol. The number of hydrogen-bond donors (Lipinski definition) is 2. The van der Waals surface area contributed by atoms with Crippen LogP contribution >= 0.6 is 15.9 Å². The Balaban J connectivity index is 1.93.